The minimum Gasteiger partial charge on any atom is -0.490 e. The van der Waals surface area contributed by atoms with Gasteiger partial charge in [-0.15, -0.1) is 0 Å². The molecule has 17 heteroatoms. The highest BCUT2D eigenvalue weighted by Gasteiger charge is 2.33. The fraction of sp³-hybridized carbons (Fsp3) is 0.447. The van der Waals surface area contributed by atoms with Crippen LogP contribution in [0.2, 0.25) is 0 Å². The molecule has 0 saturated carbocycles. The van der Waals surface area contributed by atoms with Gasteiger partial charge in [0, 0.05) is 49.7 Å². The number of urea groups is 2. The van der Waals surface area contributed by atoms with Crippen molar-refractivity contribution < 1.29 is 55.3 Å². The van der Waals surface area contributed by atoms with Crippen molar-refractivity contribution in [2.75, 3.05) is 49.3 Å². The number of anilines is 3. The van der Waals surface area contributed by atoms with E-state index in [9.17, 15) is 45.8 Å². The molecule has 1 aliphatic heterocycles. The van der Waals surface area contributed by atoms with Gasteiger partial charge < -0.3 is 40.3 Å². The van der Waals surface area contributed by atoms with Crippen LogP contribution in [0.1, 0.15) is 61.5 Å². The molecule has 0 spiro atoms. The number of ether oxygens (including phenoxy) is 2. The maximum absolute atomic E-state index is 14.4. The Hall–Kier alpha value is -5.03. The third-order valence-corrected chi connectivity index (χ3v) is 9.04. The molecule has 5 amide bonds. The van der Waals surface area contributed by atoms with E-state index in [-0.39, 0.29) is 47.6 Å². The normalized spacial score (nSPS) is 19.3. The average molecular weight is 782 g/mol. The second-order valence-corrected chi connectivity index (χ2v) is 13.6. The summed E-state index contributed by atoms with van der Waals surface area (Å²) in [5.74, 6) is -0.716. The van der Waals surface area contributed by atoms with Crippen LogP contribution in [-0.2, 0) is 17.1 Å². The zero-order chi connectivity index (χ0) is 40.5. The number of amides is 5. The van der Waals surface area contributed by atoms with E-state index in [1.54, 1.807) is 6.92 Å². The second-order valence-electron chi connectivity index (χ2n) is 13.6. The van der Waals surface area contributed by atoms with E-state index in [0.717, 1.165) is 48.5 Å². The first-order valence-electron chi connectivity index (χ1n) is 17.6. The van der Waals surface area contributed by atoms with Gasteiger partial charge >= 0.3 is 24.4 Å². The highest BCUT2D eigenvalue weighted by atomic mass is 19.4. The van der Waals surface area contributed by atoms with E-state index >= 15 is 0 Å². The topological polar surface area (TPSA) is 132 Å². The first kappa shape index (κ1) is 42.7. The fourth-order valence-electron chi connectivity index (χ4n) is 5.81. The molecule has 0 bridgehead atoms. The SMILES string of the molecule is C[C@H]1CCCCO[C@@H](CN(C)C(=O)Nc2ccc(C(F)(F)F)cc2)[C@@H](C)CN([C@@H](C)CO)C(=O)c2cc(NC(=O)Nc3ccc(C(F)(F)F)cc3)ccc2O1. The van der Waals surface area contributed by atoms with Gasteiger partial charge in [0.1, 0.15) is 5.75 Å². The molecule has 300 valence electrons. The predicted molar refractivity (Wildman–Crippen MR) is 194 cm³/mol. The highest BCUT2D eigenvalue weighted by molar-refractivity contribution is 6.02. The summed E-state index contributed by atoms with van der Waals surface area (Å²) < 4.78 is 90.4. The Labute approximate surface area is 315 Å². The van der Waals surface area contributed by atoms with Gasteiger partial charge in [0.05, 0.1) is 41.5 Å². The van der Waals surface area contributed by atoms with Crippen molar-refractivity contribution in [3.05, 3.63) is 83.4 Å². The number of hydrogen-bond donors (Lipinski definition) is 4. The number of aliphatic hydroxyl groups excluding tert-OH is 1. The van der Waals surface area contributed by atoms with E-state index in [2.05, 4.69) is 16.0 Å². The Kier molecular flexibility index (Phi) is 14.4. The summed E-state index contributed by atoms with van der Waals surface area (Å²) in [7, 11) is 1.51. The van der Waals surface area contributed by atoms with Crippen molar-refractivity contribution in [1.29, 1.82) is 0 Å². The van der Waals surface area contributed by atoms with Crippen molar-refractivity contribution in [1.82, 2.24) is 9.80 Å². The number of halogens is 6. The molecular weight excluding hydrogens is 736 g/mol. The molecule has 4 N–H and O–H groups in total. The maximum Gasteiger partial charge on any atom is 0.416 e. The molecule has 0 saturated heterocycles. The molecule has 11 nitrogen and oxygen atoms in total. The summed E-state index contributed by atoms with van der Waals surface area (Å²) in [5, 5.41) is 17.8. The first-order valence-corrected chi connectivity index (χ1v) is 17.6. The molecule has 0 aromatic heterocycles. The number of nitrogens with one attached hydrogen (secondary N) is 3. The zero-order valence-corrected chi connectivity index (χ0v) is 30.8. The number of nitrogens with zero attached hydrogens (tertiary/aromatic N) is 2. The molecule has 0 aliphatic carbocycles. The van der Waals surface area contributed by atoms with Gasteiger partial charge in [0.25, 0.3) is 5.91 Å². The van der Waals surface area contributed by atoms with Crippen LogP contribution in [0, 0.1) is 5.92 Å². The average Bonchev–Trinajstić information content (AvgIpc) is 3.12. The number of fused-ring (bicyclic) bond motifs is 1. The maximum atomic E-state index is 14.4. The largest absolute Gasteiger partial charge is 0.490 e. The lowest BCUT2D eigenvalue weighted by atomic mass is 10.0. The van der Waals surface area contributed by atoms with E-state index in [4.69, 9.17) is 9.47 Å². The molecule has 4 rings (SSSR count). The Bertz CT molecular complexity index is 1760. The summed E-state index contributed by atoms with van der Waals surface area (Å²) >= 11 is 0. The molecule has 0 radical (unpaired) electrons. The zero-order valence-electron chi connectivity index (χ0n) is 30.8. The van der Waals surface area contributed by atoms with Crippen molar-refractivity contribution in [3.8, 4) is 5.75 Å². The van der Waals surface area contributed by atoms with Crippen LogP contribution in [0.5, 0.6) is 5.75 Å². The van der Waals surface area contributed by atoms with Gasteiger partial charge in [-0.05, 0) is 99.8 Å². The van der Waals surface area contributed by atoms with Gasteiger partial charge in [-0.25, -0.2) is 9.59 Å². The van der Waals surface area contributed by atoms with Crippen LogP contribution in [-0.4, -0.2) is 84.5 Å². The van der Waals surface area contributed by atoms with Crippen LogP contribution in [0.3, 0.4) is 0 Å². The number of carbonyl (C=O) groups is 3. The van der Waals surface area contributed by atoms with Crippen molar-refractivity contribution in [2.24, 2.45) is 5.92 Å². The van der Waals surface area contributed by atoms with E-state index in [1.165, 1.54) is 35.0 Å². The van der Waals surface area contributed by atoms with E-state index in [1.807, 2.05) is 13.8 Å². The second kappa shape index (κ2) is 18.5. The molecule has 0 fully saturated rings. The molecule has 0 unspecified atom stereocenters. The van der Waals surface area contributed by atoms with Gasteiger partial charge in [-0.2, -0.15) is 26.3 Å². The summed E-state index contributed by atoms with van der Waals surface area (Å²) in [5.41, 5.74) is -1.20. The Morgan fingerprint density at radius 3 is 1.98 bits per heavy atom. The number of aliphatic hydroxyl groups is 1. The number of likely N-dealkylation sites (N-methyl/N-ethyl adjacent to an activating group) is 1. The molecule has 55 heavy (non-hydrogen) atoms. The monoisotopic (exact) mass is 781 g/mol. The third kappa shape index (κ3) is 12.2. The Balaban J connectivity index is 1.54. The number of rotatable bonds is 7. The Morgan fingerprint density at radius 2 is 1.42 bits per heavy atom. The third-order valence-electron chi connectivity index (χ3n) is 9.04. The minimum absolute atomic E-state index is 0.0562. The first-order chi connectivity index (χ1) is 25.8. The Morgan fingerprint density at radius 1 is 0.873 bits per heavy atom. The number of alkyl halides is 6. The summed E-state index contributed by atoms with van der Waals surface area (Å²) in [6, 6.07) is 10.3. The molecule has 4 atom stereocenters. The lowest BCUT2D eigenvalue weighted by Gasteiger charge is -2.35. The fourth-order valence-corrected chi connectivity index (χ4v) is 5.81. The predicted octanol–water partition coefficient (Wildman–Crippen LogP) is 8.33. The number of carbonyl (C=O) groups excluding carboxylic acids is 3. The van der Waals surface area contributed by atoms with Gasteiger partial charge in [0.15, 0.2) is 0 Å². The molecule has 3 aromatic carbocycles. The van der Waals surface area contributed by atoms with Crippen LogP contribution in [0.4, 0.5) is 53.0 Å². The number of benzene rings is 3. The standard InChI is InChI=1S/C38H45F6N5O6/c1-23-20-49(24(2)22-50)34(51)31-19-30(46-35(52)45-28-12-8-26(9-13-28)37(39,40)41)16-17-32(31)55-25(3)7-5-6-18-54-33(23)21-48(4)36(53)47-29-14-10-27(11-15-29)38(42,43)44/h8-17,19,23-25,33,50H,5-7,18,20-22H2,1-4H3,(H,47,53)(H2,45,46,52)/t23-,24-,25-,33-/m0/s1. The van der Waals surface area contributed by atoms with Crippen molar-refractivity contribution in [2.45, 2.75) is 70.6 Å². The lowest BCUT2D eigenvalue weighted by Crippen LogP contribution is -2.48. The molecule has 1 aliphatic rings. The smallest absolute Gasteiger partial charge is 0.416 e. The minimum atomic E-state index is -4.54. The van der Waals surface area contributed by atoms with Crippen molar-refractivity contribution >= 4 is 35.0 Å². The molecular formula is C38H45F6N5O6. The summed E-state index contributed by atoms with van der Waals surface area (Å²) in [6.45, 7) is 5.36. The van der Waals surface area contributed by atoms with Crippen LogP contribution in [0.25, 0.3) is 0 Å². The molecule has 1 heterocycles. The van der Waals surface area contributed by atoms with E-state index in [0.29, 0.717) is 25.9 Å². The highest BCUT2D eigenvalue weighted by Crippen LogP contribution is 2.32. The quantitative estimate of drug-likeness (QED) is 0.178. The van der Waals surface area contributed by atoms with Gasteiger partial charge in [-0.3, -0.25) is 4.79 Å². The van der Waals surface area contributed by atoms with Gasteiger partial charge in [0.2, 0.25) is 0 Å². The van der Waals surface area contributed by atoms with Crippen molar-refractivity contribution in [3.63, 3.8) is 0 Å². The van der Waals surface area contributed by atoms with Crippen LogP contribution in [0.15, 0.2) is 66.7 Å². The summed E-state index contributed by atoms with van der Waals surface area (Å²) in [4.78, 5) is 43.1. The van der Waals surface area contributed by atoms with Gasteiger partial charge in [-0.1, -0.05) is 6.92 Å². The van der Waals surface area contributed by atoms with Crippen LogP contribution >= 0.6 is 0 Å². The molecule has 3 aromatic rings. The van der Waals surface area contributed by atoms with E-state index < -0.39 is 66.1 Å². The lowest BCUT2D eigenvalue weighted by molar-refractivity contribution is -0.138. The summed E-state index contributed by atoms with van der Waals surface area (Å²) in [6.07, 6.45) is -8.06. The van der Waals surface area contributed by atoms with Crippen LogP contribution < -0.4 is 20.7 Å². The number of hydrogen-bond acceptors (Lipinski definition) is 6.